The van der Waals surface area contributed by atoms with Crippen LogP contribution in [0, 0.1) is 0 Å². The van der Waals surface area contributed by atoms with Crippen LogP contribution >= 0.6 is 7.82 Å². The minimum Gasteiger partial charge on any atom is -0.393 e. The topological polar surface area (TPSA) is 151 Å². The van der Waals surface area contributed by atoms with Gasteiger partial charge in [0.1, 0.15) is 0 Å². The third kappa shape index (κ3) is 33.6. The largest absolute Gasteiger partial charge is 0.472 e. The molecule has 0 heterocycles. The summed E-state index contributed by atoms with van der Waals surface area (Å²) in [5.41, 5.74) is 5.33. The normalized spacial score (nSPS) is 15.3. The molecule has 0 radical (unpaired) electrons. The van der Waals surface area contributed by atoms with Crippen LogP contribution in [-0.4, -0.2) is 59.0 Å². The van der Waals surface area contributed by atoms with Gasteiger partial charge in [-0.1, -0.05) is 147 Å². The van der Waals surface area contributed by atoms with Crippen LogP contribution in [-0.2, 0) is 18.4 Å². The van der Waals surface area contributed by atoms with Crippen LogP contribution in [0.5, 0.6) is 0 Å². The van der Waals surface area contributed by atoms with Gasteiger partial charge in [0.15, 0.2) is 0 Å². The van der Waals surface area contributed by atoms with Gasteiger partial charge in [-0.05, 0) is 51.4 Å². The summed E-state index contributed by atoms with van der Waals surface area (Å²) in [7, 11) is -4.40. The Morgan fingerprint density at radius 1 is 0.694 bits per heavy atom. The maximum Gasteiger partial charge on any atom is 0.472 e. The van der Waals surface area contributed by atoms with E-state index < -0.39 is 38.6 Å². The molecule has 0 saturated heterocycles. The molecule has 0 aromatic rings. The first-order valence-electron chi connectivity index (χ1n) is 19.7. The van der Waals surface area contributed by atoms with Gasteiger partial charge in [0.25, 0.3) is 0 Å². The smallest absolute Gasteiger partial charge is 0.393 e. The summed E-state index contributed by atoms with van der Waals surface area (Å²) in [5.74, 6) is -0.465. The molecular formula is C39H75N2O7P. The van der Waals surface area contributed by atoms with E-state index in [0.29, 0.717) is 12.8 Å². The predicted molar refractivity (Wildman–Crippen MR) is 204 cm³/mol. The zero-order chi connectivity index (χ0) is 36.3. The van der Waals surface area contributed by atoms with Crippen LogP contribution in [0.15, 0.2) is 36.5 Å². The summed E-state index contributed by atoms with van der Waals surface area (Å²) in [6, 6.07) is -0.998. The molecule has 1 amide bonds. The van der Waals surface area contributed by atoms with Crippen LogP contribution in [0.3, 0.4) is 0 Å². The van der Waals surface area contributed by atoms with Gasteiger partial charge in [-0.2, -0.15) is 0 Å². The lowest BCUT2D eigenvalue weighted by Crippen LogP contribution is -2.46. The number of aliphatic hydroxyl groups excluding tert-OH is 2. The third-order valence-corrected chi connectivity index (χ3v) is 9.48. The second kappa shape index (κ2) is 35.1. The van der Waals surface area contributed by atoms with E-state index >= 15 is 0 Å². The molecule has 0 bridgehead atoms. The van der Waals surface area contributed by atoms with Gasteiger partial charge in [0, 0.05) is 6.54 Å². The van der Waals surface area contributed by atoms with Crippen LogP contribution < -0.4 is 11.1 Å². The first-order valence-corrected chi connectivity index (χ1v) is 21.2. The summed E-state index contributed by atoms with van der Waals surface area (Å²) in [4.78, 5) is 22.6. The molecule has 49 heavy (non-hydrogen) atoms. The predicted octanol–water partition coefficient (Wildman–Crippen LogP) is 9.36. The zero-order valence-corrected chi connectivity index (χ0v) is 32.2. The molecule has 0 aliphatic heterocycles. The Hall–Kier alpha value is -1.32. The fraction of sp³-hybridized carbons (Fsp3) is 0.821. The maximum atomic E-state index is 12.7. The number of carbonyl (C=O) groups is 1. The van der Waals surface area contributed by atoms with E-state index in [1.165, 1.54) is 77.0 Å². The molecule has 288 valence electrons. The highest BCUT2D eigenvalue weighted by Gasteiger charge is 2.27. The Bertz CT molecular complexity index is 883. The number of unbranched alkanes of at least 4 members (excludes halogenated alkanes) is 18. The van der Waals surface area contributed by atoms with Crippen molar-refractivity contribution in [2.24, 2.45) is 5.73 Å². The van der Waals surface area contributed by atoms with Crippen molar-refractivity contribution in [2.45, 2.75) is 186 Å². The highest BCUT2D eigenvalue weighted by molar-refractivity contribution is 7.47. The highest BCUT2D eigenvalue weighted by Crippen LogP contribution is 2.43. The average molecular weight is 715 g/mol. The summed E-state index contributed by atoms with van der Waals surface area (Å²) >= 11 is 0. The average Bonchev–Trinajstić information content (AvgIpc) is 3.07. The number of nitrogens with two attached hydrogens (primary N) is 1. The highest BCUT2D eigenvalue weighted by atomic mass is 31.2. The number of hydrogen-bond donors (Lipinski definition) is 5. The molecule has 10 heteroatoms. The van der Waals surface area contributed by atoms with Crippen molar-refractivity contribution in [3.8, 4) is 0 Å². The number of aliphatic hydroxyl groups is 2. The minimum absolute atomic E-state index is 0.0427. The zero-order valence-electron chi connectivity index (χ0n) is 31.3. The molecule has 0 fully saturated rings. The lowest BCUT2D eigenvalue weighted by Gasteiger charge is -2.24. The van der Waals surface area contributed by atoms with Crippen molar-refractivity contribution >= 4 is 13.7 Å². The fourth-order valence-corrected chi connectivity index (χ4v) is 6.22. The number of rotatable bonds is 36. The molecule has 6 N–H and O–H groups in total. The van der Waals surface area contributed by atoms with Crippen LogP contribution in [0.25, 0.3) is 0 Å². The van der Waals surface area contributed by atoms with E-state index in [2.05, 4.69) is 43.5 Å². The van der Waals surface area contributed by atoms with Crippen LogP contribution in [0.2, 0.25) is 0 Å². The molecule has 0 aliphatic rings. The number of carbonyl (C=O) groups excluding carboxylic acids is 1. The minimum atomic E-state index is -4.40. The van der Waals surface area contributed by atoms with Crippen molar-refractivity contribution in [3.63, 3.8) is 0 Å². The number of allylic oxidation sites excluding steroid dienone is 5. The van der Waals surface area contributed by atoms with Crippen LogP contribution in [0.1, 0.15) is 168 Å². The van der Waals surface area contributed by atoms with E-state index in [1.54, 1.807) is 6.08 Å². The number of amides is 1. The van der Waals surface area contributed by atoms with E-state index in [0.717, 1.165) is 57.8 Å². The number of phosphoric acid groups is 1. The first-order chi connectivity index (χ1) is 23.8. The van der Waals surface area contributed by atoms with E-state index in [4.69, 9.17) is 14.8 Å². The number of phosphoric ester groups is 1. The second-order valence-corrected chi connectivity index (χ2v) is 14.8. The number of hydrogen-bond acceptors (Lipinski definition) is 7. The Morgan fingerprint density at radius 3 is 1.76 bits per heavy atom. The molecule has 0 saturated carbocycles. The molecular weight excluding hydrogens is 639 g/mol. The Morgan fingerprint density at radius 2 is 1.18 bits per heavy atom. The van der Waals surface area contributed by atoms with Gasteiger partial charge in [0.05, 0.1) is 37.9 Å². The van der Waals surface area contributed by atoms with E-state index in [1.807, 2.05) is 6.08 Å². The molecule has 0 aromatic carbocycles. The molecule has 9 nitrogen and oxygen atoms in total. The van der Waals surface area contributed by atoms with Gasteiger partial charge < -0.3 is 26.2 Å². The van der Waals surface area contributed by atoms with Crippen molar-refractivity contribution in [1.82, 2.24) is 5.32 Å². The molecule has 0 rings (SSSR count). The van der Waals surface area contributed by atoms with Gasteiger partial charge in [-0.15, -0.1) is 0 Å². The van der Waals surface area contributed by atoms with Gasteiger partial charge in [-0.3, -0.25) is 13.8 Å². The summed E-state index contributed by atoms with van der Waals surface area (Å²) in [6.45, 7) is 3.85. The molecule has 0 aliphatic carbocycles. The lowest BCUT2D eigenvalue weighted by molar-refractivity contribution is -0.124. The van der Waals surface area contributed by atoms with Crippen LogP contribution in [0.4, 0.5) is 0 Å². The van der Waals surface area contributed by atoms with E-state index in [9.17, 15) is 24.5 Å². The summed E-state index contributed by atoms with van der Waals surface area (Å²) < 4.78 is 21.9. The second-order valence-electron chi connectivity index (χ2n) is 13.3. The Balaban J connectivity index is 4.25. The Labute approximate surface area is 300 Å². The summed E-state index contributed by atoms with van der Waals surface area (Å²) in [6.07, 6.45) is 36.9. The van der Waals surface area contributed by atoms with Crippen molar-refractivity contribution in [2.75, 3.05) is 19.8 Å². The standard InChI is InChI=1S/C39H75N2O7P/c1-3-5-7-9-11-13-14-15-16-17-18-19-20-21-22-23-24-26-28-30-36(42)34-39(44)41-37(35-48-49(45,46)47-33-32-40)38(43)31-29-27-25-12-10-8-6-4-2/h10,12,19-20,29,31,36-38,42-43H,3-9,11,13-18,21-28,30,32-35,40H2,1-2H3,(H,41,44)(H,45,46)/b12-10+,20-19-,31-29+. The molecule has 4 atom stereocenters. The van der Waals surface area contributed by atoms with Crippen molar-refractivity contribution in [3.05, 3.63) is 36.5 Å². The van der Waals surface area contributed by atoms with Crippen molar-refractivity contribution < 1.29 is 33.5 Å². The van der Waals surface area contributed by atoms with E-state index in [-0.39, 0.29) is 19.6 Å². The molecule has 0 spiro atoms. The molecule has 0 aromatic heterocycles. The SMILES string of the molecule is CCCC/C=C/CC/C=C/C(O)C(COP(=O)(O)OCCN)NC(=O)CC(O)CCCCCCC/C=C\CCCCCCCCCCCC. The first kappa shape index (κ1) is 47.7. The molecule has 4 unspecified atom stereocenters. The lowest BCUT2D eigenvalue weighted by atomic mass is 10.0. The monoisotopic (exact) mass is 715 g/mol. The van der Waals surface area contributed by atoms with Gasteiger partial charge >= 0.3 is 7.82 Å². The third-order valence-electron chi connectivity index (χ3n) is 8.49. The fourth-order valence-electron chi connectivity index (χ4n) is 5.46. The van der Waals surface area contributed by atoms with Gasteiger partial charge in [-0.25, -0.2) is 4.57 Å². The summed E-state index contributed by atoms with van der Waals surface area (Å²) in [5, 5.41) is 23.8. The van der Waals surface area contributed by atoms with Gasteiger partial charge in [0.2, 0.25) is 5.91 Å². The number of nitrogens with one attached hydrogen (secondary N) is 1. The Kier molecular flexibility index (Phi) is 34.2. The maximum absolute atomic E-state index is 12.7. The van der Waals surface area contributed by atoms with Crippen molar-refractivity contribution in [1.29, 1.82) is 0 Å². The quantitative estimate of drug-likeness (QED) is 0.0245.